The third kappa shape index (κ3) is 4.49. The summed E-state index contributed by atoms with van der Waals surface area (Å²) >= 11 is 1.09. The van der Waals surface area contributed by atoms with Crippen LogP contribution in [0.1, 0.15) is 40.2 Å². The molecule has 0 saturated heterocycles. The number of hydrogen-bond acceptors (Lipinski definition) is 6. The molecule has 4 rings (SSSR count). The molecule has 0 amide bonds. The van der Waals surface area contributed by atoms with Crippen molar-refractivity contribution in [2.24, 2.45) is 0 Å². The third-order valence-electron chi connectivity index (χ3n) is 5.05. The highest BCUT2D eigenvalue weighted by Crippen LogP contribution is 2.44. The number of nitrogens with zero attached hydrogens (tertiary/aromatic N) is 1. The number of anilines is 1. The van der Waals surface area contributed by atoms with Gasteiger partial charge >= 0.3 is 12.1 Å². The maximum atomic E-state index is 13.3. The molecule has 1 aliphatic carbocycles. The molecule has 6 nitrogen and oxygen atoms in total. The molecule has 0 bridgehead atoms. The van der Waals surface area contributed by atoms with Gasteiger partial charge in [0.25, 0.3) is 10.0 Å². The molecule has 1 fully saturated rings. The number of methoxy groups -OCH3 is 1. The predicted molar refractivity (Wildman–Crippen MR) is 113 cm³/mol. The Labute approximate surface area is 186 Å². The summed E-state index contributed by atoms with van der Waals surface area (Å²) in [5, 5.41) is 1.64. The molecular formula is C21H17F3N2O4S2. The minimum absolute atomic E-state index is 0.00722. The third-order valence-corrected chi connectivity index (χ3v) is 7.03. The molecule has 32 heavy (non-hydrogen) atoms. The van der Waals surface area contributed by atoms with Crippen molar-refractivity contribution in [2.45, 2.75) is 29.8 Å². The molecule has 1 heterocycles. The van der Waals surface area contributed by atoms with E-state index in [9.17, 15) is 26.4 Å². The Bertz CT molecular complexity index is 1270. The first kappa shape index (κ1) is 22.3. The molecule has 1 aromatic heterocycles. The topological polar surface area (TPSA) is 85.4 Å². The van der Waals surface area contributed by atoms with Gasteiger partial charge < -0.3 is 4.74 Å². The number of halogens is 3. The van der Waals surface area contributed by atoms with Gasteiger partial charge in [0, 0.05) is 10.9 Å². The summed E-state index contributed by atoms with van der Waals surface area (Å²) in [6.07, 6.45) is -3.09. The highest BCUT2D eigenvalue weighted by Gasteiger charge is 2.34. The molecule has 3 aromatic rings. The smallest absolute Gasteiger partial charge is 0.416 e. The van der Waals surface area contributed by atoms with E-state index < -0.39 is 27.7 Å². The van der Waals surface area contributed by atoms with Crippen molar-refractivity contribution in [2.75, 3.05) is 11.8 Å². The van der Waals surface area contributed by atoms with E-state index in [1.807, 2.05) is 0 Å². The number of ether oxygens (including phenoxy) is 1. The monoisotopic (exact) mass is 482 g/mol. The Hall–Kier alpha value is -2.92. The van der Waals surface area contributed by atoms with E-state index in [0.29, 0.717) is 11.3 Å². The van der Waals surface area contributed by atoms with Crippen molar-refractivity contribution in [3.8, 4) is 11.3 Å². The second-order valence-corrected chi connectivity index (χ2v) is 9.58. The zero-order valence-electron chi connectivity index (χ0n) is 16.6. The summed E-state index contributed by atoms with van der Waals surface area (Å²) in [7, 11) is -3.17. The largest absolute Gasteiger partial charge is 0.465 e. The predicted octanol–water partition coefficient (Wildman–Crippen LogP) is 5.29. The molecule has 0 radical (unpaired) electrons. The van der Waals surface area contributed by atoms with Crippen LogP contribution < -0.4 is 4.72 Å². The standard InChI is InChI=1S/C21H17F3N2O4S2/c1-30-20(27)13-4-6-15(12-2-3-12)19(10-13)32(28,29)26-18-11-14(21(22,23)24)5-7-16(18)17-8-9-31-25-17/h4-12,26H,2-3H2,1H3. The molecule has 0 atom stereocenters. The van der Waals surface area contributed by atoms with Gasteiger partial charge in [-0.3, -0.25) is 4.72 Å². The van der Waals surface area contributed by atoms with Crippen LogP contribution in [-0.2, 0) is 20.9 Å². The number of aromatic nitrogens is 1. The summed E-state index contributed by atoms with van der Waals surface area (Å²) in [5.74, 6) is -0.709. The van der Waals surface area contributed by atoms with E-state index in [4.69, 9.17) is 0 Å². The van der Waals surface area contributed by atoms with E-state index in [-0.39, 0.29) is 27.6 Å². The highest BCUT2D eigenvalue weighted by atomic mass is 32.2. The van der Waals surface area contributed by atoms with E-state index in [1.165, 1.54) is 25.3 Å². The van der Waals surface area contributed by atoms with Gasteiger partial charge in [-0.2, -0.15) is 17.5 Å². The SMILES string of the molecule is COC(=O)c1ccc(C2CC2)c(S(=O)(=O)Nc2cc(C(F)(F)F)ccc2-c2ccsn2)c1. The van der Waals surface area contributed by atoms with Gasteiger partial charge in [0.1, 0.15) is 0 Å². The van der Waals surface area contributed by atoms with Crippen LogP contribution >= 0.6 is 11.5 Å². The lowest BCUT2D eigenvalue weighted by atomic mass is 10.1. The number of carbonyl (C=O) groups excluding carboxylic acids is 1. The van der Waals surface area contributed by atoms with Crippen molar-refractivity contribution < 1.29 is 31.1 Å². The van der Waals surface area contributed by atoms with Gasteiger partial charge in [-0.25, -0.2) is 13.2 Å². The number of esters is 1. The van der Waals surface area contributed by atoms with E-state index in [2.05, 4.69) is 13.8 Å². The van der Waals surface area contributed by atoms with Crippen LogP contribution in [0, 0.1) is 0 Å². The van der Waals surface area contributed by atoms with E-state index >= 15 is 0 Å². The van der Waals surface area contributed by atoms with Crippen LogP contribution in [0.4, 0.5) is 18.9 Å². The lowest BCUT2D eigenvalue weighted by Gasteiger charge is -2.17. The number of carbonyl (C=O) groups is 1. The minimum atomic E-state index is -4.66. The summed E-state index contributed by atoms with van der Waals surface area (Å²) < 4.78 is 77.7. The zero-order chi connectivity index (χ0) is 23.1. The average molecular weight is 483 g/mol. The number of sulfonamides is 1. The fourth-order valence-corrected chi connectivity index (χ4v) is 5.24. The Kier molecular flexibility index (Phi) is 5.72. The van der Waals surface area contributed by atoms with Crippen LogP contribution in [0.25, 0.3) is 11.3 Å². The Balaban J connectivity index is 1.82. The molecule has 1 aliphatic rings. The molecule has 0 aliphatic heterocycles. The number of benzene rings is 2. The fraction of sp³-hybridized carbons (Fsp3) is 0.238. The van der Waals surface area contributed by atoms with Crippen LogP contribution in [0.2, 0.25) is 0 Å². The second-order valence-electron chi connectivity index (χ2n) is 7.27. The summed E-state index contributed by atoms with van der Waals surface area (Å²) in [5.41, 5.74) is -0.170. The van der Waals surface area contributed by atoms with Crippen LogP contribution in [-0.4, -0.2) is 25.9 Å². The molecular weight excluding hydrogens is 465 g/mol. The maximum absolute atomic E-state index is 13.3. The molecule has 0 unspecified atom stereocenters. The Morgan fingerprint density at radius 1 is 1.16 bits per heavy atom. The molecule has 2 aromatic carbocycles. The van der Waals surface area contributed by atoms with Crippen LogP contribution in [0.15, 0.2) is 52.7 Å². The van der Waals surface area contributed by atoms with Gasteiger partial charge in [-0.05, 0) is 66.2 Å². The van der Waals surface area contributed by atoms with E-state index in [0.717, 1.165) is 36.5 Å². The molecule has 1 saturated carbocycles. The maximum Gasteiger partial charge on any atom is 0.416 e. The van der Waals surface area contributed by atoms with Crippen LogP contribution in [0.5, 0.6) is 0 Å². The Morgan fingerprint density at radius 2 is 1.91 bits per heavy atom. The lowest BCUT2D eigenvalue weighted by molar-refractivity contribution is -0.137. The zero-order valence-corrected chi connectivity index (χ0v) is 18.3. The first-order valence-corrected chi connectivity index (χ1v) is 11.8. The number of rotatable bonds is 6. The molecule has 11 heteroatoms. The first-order chi connectivity index (χ1) is 15.1. The van der Waals surface area contributed by atoms with Gasteiger partial charge in [0.05, 0.1) is 34.5 Å². The Morgan fingerprint density at radius 3 is 2.50 bits per heavy atom. The summed E-state index contributed by atoms with van der Waals surface area (Å²) in [6.45, 7) is 0. The number of hydrogen-bond donors (Lipinski definition) is 1. The van der Waals surface area contributed by atoms with Gasteiger partial charge in [-0.1, -0.05) is 12.1 Å². The summed E-state index contributed by atoms with van der Waals surface area (Å²) in [6, 6.07) is 8.60. The fourth-order valence-electron chi connectivity index (χ4n) is 3.32. The van der Waals surface area contributed by atoms with Crippen molar-refractivity contribution in [1.29, 1.82) is 0 Å². The quantitative estimate of drug-likeness (QED) is 0.483. The molecule has 168 valence electrons. The molecule has 0 spiro atoms. The van der Waals surface area contributed by atoms with Crippen molar-refractivity contribution in [3.63, 3.8) is 0 Å². The summed E-state index contributed by atoms with van der Waals surface area (Å²) in [4.78, 5) is 11.8. The van der Waals surface area contributed by atoms with Gasteiger partial charge in [-0.15, -0.1) is 0 Å². The van der Waals surface area contributed by atoms with Crippen molar-refractivity contribution in [3.05, 3.63) is 64.5 Å². The average Bonchev–Trinajstić information content (AvgIpc) is 3.45. The van der Waals surface area contributed by atoms with Crippen molar-refractivity contribution in [1.82, 2.24) is 4.37 Å². The normalized spacial score (nSPS) is 14.2. The number of nitrogens with one attached hydrogen (secondary N) is 1. The van der Waals surface area contributed by atoms with Crippen molar-refractivity contribution >= 4 is 33.2 Å². The first-order valence-electron chi connectivity index (χ1n) is 9.47. The highest BCUT2D eigenvalue weighted by molar-refractivity contribution is 7.92. The second kappa shape index (κ2) is 8.21. The van der Waals surface area contributed by atoms with Crippen LogP contribution in [0.3, 0.4) is 0 Å². The molecule has 1 N–H and O–H groups in total. The lowest BCUT2D eigenvalue weighted by Crippen LogP contribution is -2.17. The van der Waals surface area contributed by atoms with Gasteiger partial charge in [0.2, 0.25) is 0 Å². The van der Waals surface area contributed by atoms with E-state index in [1.54, 1.807) is 17.5 Å². The van der Waals surface area contributed by atoms with Gasteiger partial charge in [0.15, 0.2) is 0 Å². The number of alkyl halides is 3. The minimum Gasteiger partial charge on any atom is -0.465 e.